The topological polar surface area (TPSA) is 76.1 Å². The van der Waals surface area contributed by atoms with Crippen LogP contribution in [0.15, 0.2) is 29.7 Å². The lowest BCUT2D eigenvalue weighted by atomic mass is 10.1. The van der Waals surface area contributed by atoms with Gasteiger partial charge in [-0.05, 0) is 35.5 Å². The number of methoxy groups -OCH3 is 2. The highest BCUT2D eigenvalue weighted by atomic mass is 32.2. The lowest BCUT2D eigenvalue weighted by molar-refractivity contribution is -0.122. The zero-order valence-electron chi connectivity index (χ0n) is 12.2. The van der Waals surface area contributed by atoms with Crippen LogP contribution in [-0.2, 0) is 4.79 Å². The Labute approximate surface area is 132 Å². The molecule has 0 aliphatic carbocycles. The van der Waals surface area contributed by atoms with E-state index in [1.807, 2.05) is 0 Å². The van der Waals surface area contributed by atoms with Crippen molar-refractivity contribution < 1.29 is 24.2 Å². The fourth-order valence-electron chi connectivity index (χ4n) is 1.93. The first kappa shape index (κ1) is 16.0. The molecule has 0 spiro atoms. The maximum Gasteiger partial charge on any atom is 0.293 e. The number of rotatable bonds is 5. The molecule has 2 rings (SSSR count). The molecule has 0 unspecified atom stereocenters. The molecule has 22 heavy (non-hydrogen) atoms. The Balaban J connectivity index is 2.39. The molecule has 1 aliphatic rings. The Morgan fingerprint density at radius 2 is 1.86 bits per heavy atom. The number of ether oxygens (including phenoxy) is 2. The van der Waals surface area contributed by atoms with Crippen LogP contribution in [-0.4, -0.2) is 41.9 Å². The standard InChI is InChI=1S/C15H15NO5S/c1-4-5-16-14(18)12(22-15(16)19)8-9-6-10(20-2)13(17)11(7-9)21-3/h4,6-8,17H,1,5H2,2-3H3/b12-8+. The largest absolute Gasteiger partial charge is 0.502 e. The first-order chi connectivity index (χ1) is 10.5. The summed E-state index contributed by atoms with van der Waals surface area (Å²) in [5, 5.41) is 9.52. The van der Waals surface area contributed by atoms with Gasteiger partial charge in [0.2, 0.25) is 5.75 Å². The minimum Gasteiger partial charge on any atom is -0.502 e. The van der Waals surface area contributed by atoms with Crippen molar-refractivity contribution in [2.45, 2.75) is 0 Å². The predicted molar refractivity (Wildman–Crippen MR) is 84.1 cm³/mol. The number of carbonyl (C=O) groups is 2. The van der Waals surface area contributed by atoms with Crippen LogP contribution >= 0.6 is 11.8 Å². The molecule has 6 nitrogen and oxygen atoms in total. The Bertz CT molecular complexity index is 643. The van der Waals surface area contributed by atoms with Gasteiger partial charge in [-0.25, -0.2) is 0 Å². The van der Waals surface area contributed by atoms with Crippen molar-refractivity contribution in [1.82, 2.24) is 4.90 Å². The highest BCUT2D eigenvalue weighted by Crippen LogP contribution is 2.39. The van der Waals surface area contributed by atoms with Crippen LogP contribution in [0, 0.1) is 0 Å². The molecular weight excluding hydrogens is 306 g/mol. The van der Waals surface area contributed by atoms with Gasteiger partial charge in [0.25, 0.3) is 11.1 Å². The van der Waals surface area contributed by atoms with Gasteiger partial charge in [-0.3, -0.25) is 14.5 Å². The molecular formula is C15H15NO5S. The maximum atomic E-state index is 12.1. The van der Waals surface area contributed by atoms with Crippen LogP contribution < -0.4 is 9.47 Å². The summed E-state index contributed by atoms with van der Waals surface area (Å²) in [6.07, 6.45) is 3.05. The van der Waals surface area contributed by atoms with Crippen molar-refractivity contribution in [3.63, 3.8) is 0 Å². The molecule has 1 heterocycles. The average molecular weight is 321 g/mol. The second-order valence-electron chi connectivity index (χ2n) is 4.36. The Kier molecular flexibility index (Phi) is 4.77. The van der Waals surface area contributed by atoms with E-state index in [0.29, 0.717) is 10.5 Å². The van der Waals surface area contributed by atoms with Crippen LogP contribution in [0.3, 0.4) is 0 Å². The number of benzene rings is 1. The minimum absolute atomic E-state index is 0.123. The van der Waals surface area contributed by atoms with E-state index in [1.165, 1.54) is 20.3 Å². The molecule has 7 heteroatoms. The second-order valence-corrected chi connectivity index (χ2v) is 5.35. The predicted octanol–water partition coefficient (Wildman–Crippen LogP) is 2.63. The molecule has 1 aliphatic heterocycles. The van der Waals surface area contributed by atoms with E-state index >= 15 is 0 Å². The van der Waals surface area contributed by atoms with E-state index in [9.17, 15) is 14.7 Å². The Morgan fingerprint density at radius 3 is 2.36 bits per heavy atom. The van der Waals surface area contributed by atoms with Gasteiger partial charge in [-0.2, -0.15) is 0 Å². The highest BCUT2D eigenvalue weighted by molar-refractivity contribution is 8.18. The van der Waals surface area contributed by atoms with Gasteiger partial charge in [0.05, 0.1) is 19.1 Å². The molecule has 0 atom stereocenters. The monoisotopic (exact) mass is 321 g/mol. The number of hydrogen-bond acceptors (Lipinski definition) is 6. The summed E-state index contributed by atoms with van der Waals surface area (Å²) in [7, 11) is 2.83. The van der Waals surface area contributed by atoms with Crippen molar-refractivity contribution in [3.05, 3.63) is 35.3 Å². The van der Waals surface area contributed by atoms with E-state index in [4.69, 9.17) is 9.47 Å². The van der Waals surface area contributed by atoms with Crippen LogP contribution in [0.25, 0.3) is 6.08 Å². The molecule has 0 bridgehead atoms. The minimum atomic E-state index is -0.374. The fraction of sp³-hybridized carbons (Fsp3) is 0.200. The molecule has 1 aromatic carbocycles. The first-order valence-corrected chi connectivity index (χ1v) is 7.14. The lowest BCUT2D eigenvalue weighted by Crippen LogP contribution is -2.27. The van der Waals surface area contributed by atoms with Crippen LogP contribution in [0.1, 0.15) is 5.56 Å². The molecule has 1 saturated heterocycles. The number of aromatic hydroxyl groups is 1. The number of phenolic OH excluding ortho intramolecular Hbond substituents is 1. The molecule has 0 aromatic heterocycles. The van der Waals surface area contributed by atoms with Crippen molar-refractivity contribution in [2.24, 2.45) is 0 Å². The molecule has 0 radical (unpaired) electrons. The van der Waals surface area contributed by atoms with Gasteiger partial charge in [0.15, 0.2) is 11.5 Å². The SMILES string of the molecule is C=CCN1C(=O)S/C(=C/c2cc(OC)c(O)c(OC)c2)C1=O. The smallest absolute Gasteiger partial charge is 0.293 e. The van der Waals surface area contributed by atoms with Gasteiger partial charge in [0, 0.05) is 6.54 Å². The van der Waals surface area contributed by atoms with E-state index in [2.05, 4.69) is 6.58 Å². The Morgan fingerprint density at radius 1 is 1.27 bits per heavy atom. The van der Waals surface area contributed by atoms with Gasteiger partial charge < -0.3 is 14.6 Å². The molecule has 0 saturated carbocycles. The third-order valence-corrected chi connectivity index (χ3v) is 3.89. The second kappa shape index (κ2) is 6.57. The number of carbonyl (C=O) groups excluding carboxylic acids is 2. The quantitative estimate of drug-likeness (QED) is 0.664. The summed E-state index contributed by atoms with van der Waals surface area (Å²) in [6.45, 7) is 3.69. The van der Waals surface area contributed by atoms with Crippen molar-refractivity contribution in [2.75, 3.05) is 20.8 Å². The van der Waals surface area contributed by atoms with E-state index in [1.54, 1.807) is 18.2 Å². The molecule has 1 fully saturated rings. The van der Waals surface area contributed by atoms with Crippen LogP contribution in [0.2, 0.25) is 0 Å². The summed E-state index contributed by atoms with van der Waals surface area (Å²) in [6, 6.07) is 3.11. The zero-order chi connectivity index (χ0) is 16.3. The van der Waals surface area contributed by atoms with Crippen molar-refractivity contribution in [1.29, 1.82) is 0 Å². The molecule has 116 valence electrons. The summed E-state index contributed by atoms with van der Waals surface area (Å²) in [4.78, 5) is 25.3. The molecule has 2 amide bonds. The number of nitrogens with zero attached hydrogens (tertiary/aromatic N) is 1. The van der Waals surface area contributed by atoms with Crippen molar-refractivity contribution in [3.8, 4) is 17.2 Å². The zero-order valence-corrected chi connectivity index (χ0v) is 13.0. The van der Waals surface area contributed by atoms with Crippen LogP contribution in [0.5, 0.6) is 17.2 Å². The summed E-state index contributed by atoms with van der Waals surface area (Å²) >= 11 is 0.854. The fourth-order valence-corrected chi connectivity index (χ4v) is 2.78. The lowest BCUT2D eigenvalue weighted by Gasteiger charge is -2.10. The average Bonchev–Trinajstić information content (AvgIpc) is 2.76. The maximum absolute atomic E-state index is 12.1. The Hall–Kier alpha value is -2.41. The van der Waals surface area contributed by atoms with E-state index in [-0.39, 0.29) is 34.9 Å². The summed E-state index contributed by atoms with van der Waals surface area (Å²) in [5.41, 5.74) is 0.579. The summed E-state index contributed by atoms with van der Waals surface area (Å²) < 4.78 is 10.1. The highest BCUT2D eigenvalue weighted by Gasteiger charge is 2.34. The van der Waals surface area contributed by atoms with E-state index in [0.717, 1.165) is 16.7 Å². The third kappa shape index (κ3) is 2.94. The van der Waals surface area contributed by atoms with Gasteiger partial charge in [-0.1, -0.05) is 6.08 Å². The van der Waals surface area contributed by atoms with Gasteiger partial charge >= 0.3 is 0 Å². The number of hydrogen-bond donors (Lipinski definition) is 1. The number of amides is 2. The molecule has 1 aromatic rings. The normalized spacial score (nSPS) is 16.3. The van der Waals surface area contributed by atoms with E-state index < -0.39 is 0 Å². The first-order valence-electron chi connectivity index (χ1n) is 6.33. The number of imide groups is 1. The summed E-state index contributed by atoms with van der Waals surface area (Å²) in [5.74, 6) is -0.0605. The number of thioether (sulfide) groups is 1. The van der Waals surface area contributed by atoms with Gasteiger partial charge in [0.1, 0.15) is 0 Å². The van der Waals surface area contributed by atoms with Crippen molar-refractivity contribution >= 4 is 29.0 Å². The molecule has 1 N–H and O–H groups in total. The van der Waals surface area contributed by atoms with Crippen LogP contribution in [0.4, 0.5) is 4.79 Å². The van der Waals surface area contributed by atoms with Gasteiger partial charge in [-0.15, -0.1) is 6.58 Å². The number of phenols is 1. The third-order valence-electron chi connectivity index (χ3n) is 2.99.